The Kier molecular flexibility index (Phi) is 6.18. The number of rotatable bonds is 7. The standard InChI is InChI=1S/C21H20ClN5O3S2/c22-14-5-3-13(4-6-14)10-23-17(28)12-32-21-25-24-20-26(11-15-2-1-8-30-15)19(29)18-16(27(20)21)7-9-31-18/h3-7,9,15H,1-2,8,10-12H2,(H,23,28)/t15-/m0/s1. The molecular weight excluding hydrogens is 470 g/mol. The van der Waals surface area contributed by atoms with E-state index < -0.39 is 0 Å². The molecule has 0 radical (unpaired) electrons. The number of carbonyl (C=O) groups is 1. The van der Waals surface area contributed by atoms with Gasteiger partial charge in [-0.05, 0) is 42.0 Å². The second-order valence-corrected chi connectivity index (χ2v) is 9.79. The summed E-state index contributed by atoms with van der Waals surface area (Å²) >= 11 is 8.58. The van der Waals surface area contributed by atoms with Gasteiger partial charge in [0, 0.05) is 18.2 Å². The fourth-order valence-electron chi connectivity index (χ4n) is 3.73. The Bertz CT molecular complexity index is 1330. The molecular formula is C21H20ClN5O3S2. The number of amides is 1. The Labute approximate surface area is 196 Å². The average molecular weight is 490 g/mol. The molecule has 8 nitrogen and oxygen atoms in total. The van der Waals surface area contributed by atoms with Crippen LogP contribution >= 0.6 is 34.7 Å². The number of nitrogens with one attached hydrogen (secondary N) is 1. The highest BCUT2D eigenvalue weighted by Gasteiger charge is 2.22. The first kappa shape index (κ1) is 21.4. The lowest BCUT2D eigenvalue weighted by atomic mass is 10.2. The van der Waals surface area contributed by atoms with Crippen LogP contribution in [0.2, 0.25) is 5.02 Å². The van der Waals surface area contributed by atoms with Gasteiger partial charge in [-0.15, -0.1) is 21.5 Å². The van der Waals surface area contributed by atoms with Crippen LogP contribution in [0.4, 0.5) is 0 Å². The molecule has 32 heavy (non-hydrogen) atoms. The zero-order valence-corrected chi connectivity index (χ0v) is 19.4. The van der Waals surface area contributed by atoms with Crippen molar-refractivity contribution in [1.29, 1.82) is 0 Å². The third-order valence-corrected chi connectivity index (χ3v) is 7.40. The second-order valence-electron chi connectivity index (χ2n) is 7.50. The van der Waals surface area contributed by atoms with Crippen LogP contribution in [0, 0.1) is 0 Å². The molecule has 1 N–H and O–H groups in total. The average Bonchev–Trinajstić information content (AvgIpc) is 3.55. The van der Waals surface area contributed by atoms with Gasteiger partial charge in [0.25, 0.3) is 5.56 Å². The fraction of sp³-hybridized carbons (Fsp3) is 0.333. The minimum Gasteiger partial charge on any atom is -0.376 e. The van der Waals surface area contributed by atoms with Gasteiger partial charge in [0.05, 0.1) is 23.9 Å². The number of ether oxygens (including phenoxy) is 1. The van der Waals surface area contributed by atoms with Crippen molar-refractivity contribution in [3.63, 3.8) is 0 Å². The highest BCUT2D eigenvalue weighted by atomic mass is 35.5. The number of halogens is 1. The van der Waals surface area contributed by atoms with Gasteiger partial charge in [-0.25, -0.2) is 0 Å². The highest BCUT2D eigenvalue weighted by molar-refractivity contribution is 7.99. The predicted molar refractivity (Wildman–Crippen MR) is 126 cm³/mol. The molecule has 0 unspecified atom stereocenters. The summed E-state index contributed by atoms with van der Waals surface area (Å²) in [5.41, 5.74) is 1.65. The van der Waals surface area contributed by atoms with E-state index in [-0.39, 0.29) is 23.3 Å². The smallest absolute Gasteiger partial charge is 0.272 e. The topological polar surface area (TPSA) is 90.5 Å². The van der Waals surface area contributed by atoms with Crippen LogP contribution in [0.1, 0.15) is 18.4 Å². The van der Waals surface area contributed by atoms with Gasteiger partial charge >= 0.3 is 0 Å². The number of hydrogen-bond acceptors (Lipinski definition) is 7. The van der Waals surface area contributed by atoms with E-state index in [1.54, 1.807) is 16.7 Å². The Morgan fingerprint density at radius 2 is 2.12 bits per heavy atom. The number of benzene rings is 1. The molecule has 4 aromatic rings. The van der Waals surface area contributed by atoms with Gasteiger partial charge in [-0.3, -0.25) is 18.6 Å². The van der Waals surface area contributed by atoms with E-state index >= 15 is 0 Å². The van der Waals surface area contributed by atoms with Gasteiger partial charge in [0.1, 0.15) is 4.70 Å². The molecule has 1 aliphatic heterocycles. The number of fused-ring (bicyclic) bond motifs is 3. The second kappa shape index (κ2) is 9.22. The lowest BCUT2D eigenvalue weighted by molar-refractivity contribution is -0.118. The summed E-state index contributed by atoms with van der Waals surface area (Å²) in [5, 5.41) is 14.6. The van der Waals surface area contributed by atoms with E-state index in [9.17, 15) is 9.59 Å². The molecule has 1 aliphatic rings. The molecule has 3 aromatic heterocycles. The Hall–Kier alpha value is -2.40. The first-order valence-corrected chi connectivity index (χ1v) is 12.4. The molecule has 0 aliphatic carbocycles. The number of thiophene rings is 1. The van der Waals surface area contributed by atoms with E-state index in [0.717, 1.165) is 30.5 Å². The fourth-order valence-corrected chi connectivity index (χ4v) is 5.45. The van der Waals surface area contributed by atoms with Crippen molar-refractivity contribution >= 4 is 56.6 Å². The van der Waals surface area contributed by atoms with Crippen molar-refractivity contribution in [2.24, 2.45) is 0 Å². The number of carbonyl (C=O) groups excluding carboxylic acids is 1. The summed E-state index contributed by atoms with van der Waals surface area (Å²) in [6.07, 6.45) is 1.92. The maximum absolute atomic E-state index is 13.1. The predicted octanol–water partition coefficient (Wildman–Crippen LogP) is 3.35. The summed E-state index contributed by atoms with van der Waals surface area (Å²) in [6, 6.07) is 9.23. The van der Waals surface area contributed by atoms with Crippen LogP contribution in [0.3, 0.4) is 0 Å². The first-order chi connectivity index (χ1) is 15.6. The van der Waals surface area contributed by atoms with E-state index in [4.69, 9.17) is 16.3 Å². The third-order valence-electron chi connectivity index (χ3n) is 5.33. The first-order valence-electron chi connectivity index (χ1n) is 10.2. The van der Waals surface area contributed by atoms with Crippen molar-refractivity contribution in [2.75, 3.05) is 12.4 Å². The molecule has 166 valence electrons. The van der Waals surface area contributed by atoms with Crippen molar-refractivity contribution in [3.05, 3.63) is 56.7 Å². The highest BCUT2D eigenvalue weighted by Crippen LogP contribution is 2.25. The van der Waals surface area contributed by atoms with Crippen molar-refractivity contribution in [2.45, 2.75) is 37.2 Å². The summed E-state index contributed by atoms with van der Waals surface area (Å²) in [6.45, 7) is 1.59. The lowest BCUT2D eigenvalue weighted by Crippen LogP contribution is -2.28. The number of hydrogen-bond donors (Lipinski definition) is 1. The number of thioether (sulfide) groups is 1. The summed E-state index contributed by atoms with van der Waals surface area (Å²) in [7, 11) is 0. The van der Waals surface area contributed by atoms with E-state index in [0.29, 0.717) is 33.7 Å². The van der Waals surface area contributed by atoms with Crippen LogP contribution in [-0.4, -0.2) is 43.5 Å². The molecule has 1 fully saturated rings. The third kappa shape index (κ3) is 4.27. The Morgan fingerprint density at radius 1 is 1.28 bits per heavy atom. The zero-order valence-electron chi connectivity index (χ0n) is 17.0. The molecule has 1 saturated heterocycles. The molecule has 1 aromatic carbocycles. The minimum atomic E-state index is -0.115. The van der Waals surface area contributed by atoms with Crippen molar-refractivity contribution in [1.82, 2.24) is 24.5 Å². The molecule has 1 atom stereocenters. The van der Waals surface area contributed by atoms with Gasteiger partial charge in [-0.1, -0.05) is 35.5 Å². The SMILES string of the molecule is O=C(CSc1nnc2n(C[C@@H]3CCCO3)c(=O)c3sccc3n12)NCc1ccc(Cl)cc1. The normalized spacial score (nSPS) is 16.2. The van der Waals surface area contributed by atoms with E-state index in [1.807, 2.05) is 28.0 Å². The zero-order chi connectivity index (χ0) is 22.1. The number of aromatic nitrogens is 4. The summed E-state index contributed by atoms with van der Waals surface area (Å²) < 4.78 is 9.88. The lowest BCUT2D eigenvalue weighted by Gasteiger charge is -2.13. The largest absolute Gasteiger partial charge is 0.376 e. The Balaban J connectivity index is 1.36. The Morgan fingerprint density at radius 3 is 2.91 bits per heavy atom. The van der Waals surface area contributed by atoms with Crippen LogP contribution in [0.25, 0.3) is 16.0 Å². The minimum absolute atomic E-state index is 0.000334. The van der Waals surface area contributed by atoms with Gasteiger partial charge in [0.2, 0.25) is 11.7 Å². The number of nitrogens with zero attached hydrogens (tertiary/aromatic N) is 4. The maximum atomic E-state index is 13.1. The van der Waals surface area contributed by atoms with Crippen molar-refractivity contribution in [3.8, 4) is 0 Å². The van der Waals surface area contributed by atoms with E-state index in [1.165, 1.54) is 23.1 Å². The van der Waals surface area contributed by atoms with Crippen LogP contribution < -0.4 is 10.9 Å². The molecule has 4 heterocycles. The van der Waals surface area contributed by atoms with Crippen LogP contribution in [0.5, 0.6) is 0 Å². The molecule has 5 rings (SSSR count). The van der Waals surface area contributed by atoms with Crippen LogP contribution in [-0.2, 0) is 22.6 Å². The van der Waals surface area contributed by atoms with Crippen LogP contribution in [0.15, 0.2) is 45.7 Å². The van der Waals surface area contributed by atoms with E-state index in [2.05, 4.69) is 15.5 Å². The molecule has 11 heteroatoms. The summed E-state index contributed by atoms with van der Waals surface area (Å²) in [4.78, 5) is 25.5. The molecule has 0 saturated carbocycles. The maximum Gasteiger partial charge on any atom is 0.272 e. The quantitative estimate of drug-likeness (QED) is 0.400. The monoisotopic (exact) mass is 489 g/mol. The summed E-state index contributed by atoms with van der Waals surface area (Å²) in [5.74, 6) is 0.543. The molecule has 0 spiro atoms. The van der Waals surface area contributed by atoms with Gasteiger partial charge < -0.3 is 10.1 Å². The van der Waals surface area contributed by atoms with Gasteiger partial charge in [-0.2, -0.15) is 0 Å². The van der Waals surface area contributed by atoms with Gasteiger partial charge in [0.15, 0.2) is 5.16 Å². The van der Waals surface area contributed by atoms with Crippen molar-refractivity contribution < 1.29 is 9.53 Å². The molecule has 0 bridgehead atoms. The molecule has 1 amide bonds.